The Morgan fingerprint density at radius 1 is 1.27 bits per heavy atom. The fraction of sp³-hybridized carbons (Fsp3) is 0.409. The van der Waals surface area contributed by atoms with Crippen molar-refractivity contribution in [3.8, 4) is 5.75 Å². The fourth-order valence-electron chi connectivity index (χ4n) is 3.58. The number of nitrogen functional groups attached to an aromatic ring is 1. The molecule has 4 N–H and O–H groups in total. The number of nitrogens with one attached hydrogen (secondary N) is 2. The maximum absolute atomic E-state index is 12.6. The van der Waals surface area contributed by atoms with Gasteiger partial charge in [0.1, 0.15) is 23.7 Å². The highest BCUT2D eigenvalue weighted by Gasteiger charge is 2.32. The van der Waals surface area contributed by atoms with E-state index in [0.29, 0.717) is 19.5 Å². The first-order chi connectivity index (χ1) is 15.8. The molecule has 11 heteroatoms. The fourth-order valence-corrected chi connectivity index (χ4v) is 3.73. The average molecular weight is 479 g/mol. The number of ether oxygens (including phenoxy) is 3. The summed E-state index contributed by atoms with van der Waals surface area (Å²) in [5.41, 5.74) is 5.66. The second-order valence-corrected chi connectivity index (χ2v) is 8.07. The molecule has 2 aromatic rings. The van der Waals surface area contributed by atoms with E-state index >= 15 is 0 Å². The van der Waals surface area contributed by atoms with Crippen molar-refractivity contribution in [1.29, 1.82) is 0 Å². The number of nitrogens with zero attached hydrogens (tertiary/aromatic N) is 1. The summed E-state index contributed by atoms with van der Waals surface area (Å²) in [6.07, 6.45) is 0.150. The molecule has 0 unspecified atom stereocenters. The van der Waals surface area contributed by atoms with Crippen LogP contribution in [0.5, 0.6) is 5.75 Å². The number of nitrogens with two attached hydrogens (primary N) is 1. The molecule has 10 nitrogen and oxygen atoms in total. The molecule has 0 radical (unpaired) electrons. The van der Waals surface area contributed by atoms with Gasteiger partial charge in [-0.2, -0.15) is 0 Å². The lowest BCUT2D eigenvalue weighted by molar-refractivity contribution is -0.147. The summed E-state index contributed by atoms with van der Waals surface area (Å²) in [5.74, 6) is -0.196. The first-order valence-corrected chi connectivity index (χ1v) is 10.7. The monoisotopic (exact) mass is 478 g/mol. The van der Waals surface area contributed by atoms with Crippen LogP contribution in [0.15, 0.2) is 35.1 Å². The topological polar surface area (TPSA) is 136 Å². The number of benzene rings is 1. The predicted octanol–water partition coefficient (Wildman–Crippen LogP) is 1.18. The zero-order valence-corrected chi connectivity index (χ0v) is 19.2. The quantitative estimate of drug-likeness (QED) is 0.481. The Morgan fingerprint density at radius 2 is 2.00 bits per heavy atom. The summed E-state index contributed by atoms with van der Waals surface area (Å²) >= 11 is 5.92. The Hall–Kier alpha value is -3.08. The summed E-state index contributed by atoms with van der Waals surface area (Å²) in [6.45, 7) is 1.23. The average Bonchev–Trinajstić information content (AvgIpc) is 2.81. The number of methoxy groups -OCH3 is 2. The van der Waals surface area contributed by atoms with Crippen LogP contribution in [0.4, 0.5) is 5.82 Å². The van der Waals surface area contributed by atoms with E-state index in [4.69, 9.17) is 31.5 Å². The van der Waals surface area contributed by atoms with Gasteiger partial charge in [0, 0.05) is 20.2 Å². The van der Waals surface area contributed by atoms with Crippen LogP contribution in [0.25, 0.3) is 0 Å². The van der Waals surface area contributed by atoms with Crippen LogP contribution in [0.1, 0.15) is 22.3 Å². The number of carbonyl (C=O) groups is 2. The van der Waals surface area contributed by atoms with Gasteiger partial charge in [0.15, 0.2) is 0 Å². The number of amides is 1. The lowest BCUT2D eigenvalue weighted by atomic mass is 10.0. The van der Waals surface area contributed by atoms with Crippen molar-refractivity contribution in [2.24, 2.45) is 0 Å². The number of halogens is 1. The Kier molecular flexibility index (Phi) is 8.32. The summed E-state index contributed by atoms with van der Waals surface area (Å²) < 4.78 is 16.0. The SMILES string of the molecule is COc1ccc(COC(=O)CN2CC[C@@H](NC(=O)c3cc(Cl)c(N)[nH]c3=O)[C@H](OC)C2)cc1. The van der Waals surface area contributed by atoms with Crippen molar-refractivity contribution in [2.45, 2.75) is 25.2 Å². The molecule has 0 spiro atoms. The summed E-state index contributed by atoms with van der Waals surface area (Å²) in [4.78, 5) is 41.2. The van der Waals surface area contributed by atoms with Gasteiger partial charge in [0.2, 0.25) is 0 Å². The van der Waals surface area contributed by atoms with Gasteiger partial charge in [-0.1, -0.05) is 23.7 Å². The van der Waals surface area contributed by atoms with Crippen molar-refractivity contribution < 1.29 is 23.8 Å². The standard InChI is InChI=1S/C22H27ClN4O6/c1-31-14-5-3-13(4-6-14)12-33-19(28)11-27-8-7-17(18(10-27)32-2)25-21(29)15-9-16(23)20(24)26-22(15)30/h3-6,9,17-18H,7-8,10-12H2,1-2H3,(H,25,29)(H3,24,26,30)/t17-,18-/m1/s1. The number of esters is 1. The Bertz CT molecular complexity index is 1040. The number of H-pyrrole nitrogens is 1. The van der Waals surface area contributed by atoms with Crippen molar-refractivity contribution >= 4 is 29.3 Å². The van der Waals surface area contributed by atoms with Crippen LogP contribution in [-0.4, -0.2) is 67.8 Å². The van der Waals surface area contributed by atoms with E-state index in [9.17, 15) is 14.4 Å². The van der Waals surface area contributed by atoms with Gasteiger partial charge < -0.3 is 30.2 Å². The number of likely N-dealkylation sites (tertiary alicyclic amines) is 1. The highest BCUT2D eigenvalue weighted by Crippen LogP contribution is 2.17. The highest BCUT2D eigenvalue weighted by molar-refractivity contribution is 6.33. The third-order valence-corrected chi connectivity index (χ3v) is 5.75. The predicted molar refractivity (Wildman–Crippen MR) is 122 cm³/mol. The van der Waals surface area contributed by atoms with Crippen LogP contribution in [0.2, 0.25) is 5.02 Å². The molecule has 3 rings (SSSR count). The van der Waals surface area contributed by atoms with Crippen molar-refractivity contribution in [2.75, 3.05) is 39.6 Å². The van der Waals surface area contributed by atoms with E-state index in [1.165, 1.54) is 13.2 Å². The molecule has 1 aromatic carbocycles. The van der Waals surface area contributed by atoms with Crippen LogP contribution in [0, 0.1) is 0 Å². The Morgan fingerprint density at radius 3 is 2.67 bits per heavy atom. The minimum absolute atomic E-state index is 0.000157. The number of anilines is 1. The molecule has 1 aromatic heterocycles. The van der Waals surface area contributed by atoms with Gasteiger partial charge in [-0.3, -0.25) is 19.3 Å². The van der Waals surface area contributed by atoms with E-state index in [2.05, 4.69) is 10.3 Å². The molecule has 2 atom stereocenters. The lowest BCUT2D eigenvalue weighted by Crippen LogP contribution is -2.56. The van der Waals surface area contributed by atoms with Gasteiger partial charge in [0.05, 0.1) is 30.8 Å². The van der Waals surface area contributed by atoms with Crippen LogP contribution >= 0.6 is 11.6 Å². The molecule has 0 aliphatic carbocycles. The van der Waals surface area contributed by atoms with Crippen molar-refractivity contribution in [1.82, 2.24) is 15.2 Å². The maximum atomic E-state index is 12.6. The molecule has 1 saturated heterocycles. The van der Waals surface area contributed by atoms with Crippen LogP contribution in [0.3, 0.4) is 0 Å². The molecule has 0 saturated carbocycles. The molecule has 2 heterocycles. The molecular weight excluding hydrogens is 452 g/mol. The smallest absolute Gasteiger partial charge is 0.320 e. The molecule has 1 amide bonds. The lowest BCUT2D eigenvalue weighted by Gasteiger charge is -2.37. The van der Waals surface area contributed by atoms with Gasteiger partial charge >= 0.3 is 5.97 Å². The first kappa shape index (κ1) is 24.6. The zero-order chi connectivity index (χ0) is 24.0. The number of hydrogen-bond acceptors (Lipinski definition) is 8. The number of carbonyl (C=O) groups excluding carboxylic acids is 2. The minimum atomic E-state index is -0.625. The molecule has 178 valence electrons. The van der Waals surface area contributed by atoms with E-state index in [1.807, 2.05) is 17.0 Å². The third-order valence-electron chi connectivity index (χ3n) is 5.44. The number of rotatable bonds is 8. The van der Waals surface area contributed by atoms with Crippen molar-refractivity contribution in [3.05, 3.63) is 56.8 Å². The second-order valence-electron chi connectivity index (χ2n) is 7.66. The molecular formula is C22H27ClN4O6. The Labute approximate surface area is 195 Å². The van der Waals surface area contributed by atoms with Gasteiger partial charge in [-0.25, -0.2) is 0 Å². The van der Waals surface area contributed by atoms with E-state index in [1.54, 1.807) is 19.2 Å². The molecule has 1 aliphatic heterocycles. The third kappa shape index (κ3) is 6.47. The van der Waals surface area contributed by atoms with Crippen LogP contribution < -0.4 is 21.3 Å². The molecule has 1 aliphatic rings. The summed E-state index contributed by atoms with van der Waals surface area (Å²) in [6, 6.07) is 8.17. The maximum Gasteiger partial charge on any atom is 0.320 e. The molecule has 33 heavy (non-hydrogen) atoms. The van der Waals surface area contributed by atoms with E-state index in [0.717, 1.165) is 11.3 Å². The Balaban J connectivity index is 1.51. The largest absolute Gasteiger partial charge is 0.497 e. The summed E-state index contributed by atoms with van der Waals surface area (Å²) in [5, 5.41) is 2.91. The number of piperidine rings is 1. The van der Waals surface area contributed by atoms with E-state index in [-0.39, 0.29) is 47.7 Å². The highest BCUT2D eigenvalue weighted by atomic mass is 35.5. The number of hydrogen-bond donors (Lipinski definition) is 3. The van der Waals surface area contributed by atoms with Crippen molar-refractivity contribution in [3.63, 3.8) is 0 Å². The minimum Gasteiger partial charge on any atom is -0.497 e. The van der Waals surface area contributed by atoms with Gasteiger partial charge in [0.25, 0.3) is 11.5 Å². The van der Waals surface area contributed by atoms with E-state index < -0.39 is 11.5 Å². The first-order valence-electron chi connectivity index (χ1n) is 10.3. The van der Waals surface area contributed by atoms with Crippen LogP contribution in [-0.2, 0) is 20.9 Å². The second kappa shape index (κ2) is 11.2. The normalized spacial score (nSPS) is 18.5. The number of pyridine rings is 1. The van der Waals surface area contributed by atoms with Gasteiger partial charge in [-0.05, 0) is 30.2 Å². The zero-order valence-electron chi connectivity index (χ0n) is 18.4. The molecule has 1 fully saturated rings. The van der Waals surface area contributed by atoms with Gasteiger partial charge in [-0.15, -0.1) is 0 Å². The summed E-state index contributed by atoms with van der Waals surface area (Å²) in [7, 11) is 3.12. The molecule has 0 bridgehead atoms. The number of aromatic nitrogens is 1. The number of aromatic amines is 1.